The van der Waals surface area contributed by atoms with E-state index in [1.54, 1.807) is 0 Å². The molecule has 0 aliphatic carbocycles. The predicted molar refractivity (Wildman–Crippen MR) is 82.5 cm³/mol. The summed E-state index contributed by atoms with van der Waals surface area (Å²) in [6.07, 6.45) is 2.40. The van der Waals surface area contributed by atoms with E-state index in [1.165, 1.54) is 18.4 Å². The van der Waals surface area contributed by atoms with Crippen molar-refractivity contribution in [1.82, 2.24) is 4.90 Å². The quantitative estimate of drug-likeness (QED) is 0.763. The van der Waals surface area contributed by atoms with Crippen LogP contribution in [0.25, 0.3) is 0 Å². The molecule has 2 rings (SSSR count). The van der Waals surface area contributed by atoms with Crippen LogP contribution in [0.2, 0.25) is 0 Å². The zero-order valence-corrected chi connectivity index (χ0v) is 12.8. The number of morpholine rings is 1. The summed E-state index contributed by atoms with van der Waals surface area (Å²) in [6.45, 7) is 9.99. The van der Waals surface area contributed by atoms with Crippen LogP contribution in [0.1, 0.15) is 38.2 Å². The summed E-state index contributed by atoms with van der Waals surface area (Å²) in [5.41, 5.74) is 1.43. The average molecular weight is 277 g/mol. The number of ether oxygens (including phenoxy) is 2. The maximum Gasteiger partial charge on any atom is 0.119 e. The van der Waals surface area contributed by atoms with Crippen molar-refractivity contribution in [2.24, 2.45) is 0 Å². The first-order valence-electron chi connectivity index (χ1n) is 7.86. The molecular weight excluding hydrogens is 250 g/mol. The molecule has 20 heavy (non-hydrogen) atoms. The van der Waals surface area contributed by atoms with Gasteiger partial charge in [0, 0.05) is 19.6 Å². The topological polar surface area (TPSA) is 21.7 Å². The Kier molecular flexibility index (Phi) is 6.34. The summed E-state index contributed by atoms with van der Waals surface area (Å²) < 4.78 is 11.2. The molecular formula is C17H27NO2. The molecule has 1 saturated heterocycles. The summed E-state index contributed by atoms with van der Waals surface area (Å²) in [4.78, 5) is 2.39. The van der Waals surface area contributed by atoms with E-state index >= 15 is 0 Å². The van der Waals surface area contributed by atoms with Gasteiger partial charge in [-0.05, 0) is 36.5 Å². The molecule has 1 aromatic carbocycles. The van der Waals surface area contributed by atoms with Gasteiger partial charge in [0.05, 0.1) is 13.2 Å². The molecule has 0 spiro atoms. The van der Waals surface area contributed by atoms with E-state index in [0.717, 1.165) is 45.2 Å². The third-order valence-corrected chi connectivity index (χ3v) is 4.12. The van der Waals surface area contributed by atoms with Crippen LogP contribution >= 0.6 is 0 Å². The van der Waals surface area contributed by atoms with Gasteiger partial charge in [-0.15, -0.1) is 0 Å². The second-order valence-corrected chi connectivity index (χ2v) is 5.38. The van der Waals surface area contributed by atoms with Gasteiger partial charge in [0.15, 0.2) is 0 Å². The second-order valence-electron chi connectivity index (χ2n) is 5.38. The van der Waals surface area contributed by atoms with Crippen LogP contribution < -0.4 is 4.74 Å². The molecule has 0 bridgehead atoms. The predicted octanol–water partition coefficient (Wildman–Crippen LogP) is 3.30. The summed E-state index contributed by atoms with van der Waals surface area (Å²) in [6, 6.07) is 8.63. The van der Waals surface area contributed by atoms with Crippen molar-refractivity contribution in [3.63, 3.8) is 0 Å². The first-order chi connectivity index (χ1) is 9.83. The fourth-order valence-corrected chi connectivity index (χ4v) is 2.71. The monoisotopic (exact) mass is 277 g/mol. The molecule has 0 amide bonds. The lowest BCUT2D eigenvalue weighted by molar-refractivity contribution is 0.0322. The van der Waals surface area contributed by atoms with E-state index in [-0.39, 0.29) is 0 Å². The number of nitrogens with zero attached hydrogens (tertiary/aromatic N) is 1. The van der Waals surface area contributed by atoms with E-state index < -0.39 is 0 Å². The molecule has 0 atom stereocenters. The fourth-order valence-electron chi connectivity index (χ4n) is 2.71. The molecule has 1 aliphatic rings. The molecule has 0 N–H and O–H groups in total. The van der Waals surface area contributed by atoms with Gasteiger partial charge in [-0.2, -0.15) is 0 Å². The average Bonchev–Trinajstić information content (AvgIpc) is 2.51. The van der Waals surface area contributed by atoms with Gasteiger partial charge in [-0.25, -0.2) is 0 Å². The van der Waals surface area contributed by atoms with E-state index in [0.29, 0.717) is 5.92 Å². The molecule has 112 valence electrons. The van der Waals surface area contributed by atoms with E-state index in [9.17, 15) is 0 Å². The van der Waals surface area contributed by atoms with Crippen molar-refractivity contribution >= 4 is 0 Å². The van der Waals surface area contributed by atoms with Crippen LogP contribution in [0.5, 0.6) is 5.75 Å². The van der Waals surface area contributed by atoms with Crippen molar-refractivity contribution in [3.8, 4) is 5.75 Å². The minimum atomic E-state index is 0.678. The zero-order chi connectivity index (χ0) is 14.2. The Labute approximate surface area is 122 Å². The maximum absolute atomic E-state index is 5.83. The lowest BCUT2D eigenvalue weighted by atomic mass is 9.94. The Morgan fingerprint density at radius 1 is 1.10 bits per heavy atom. The Morgan fingerprint density at radius 3 is 2.35 bits per heavy atom. The van der Waals surface area contributed by atoms with Crippen molar-refractivity contribution < 1.29 is 9.47 Å². The number of benzene rings is 1. The largest absolute Gasteiger partial charge is 0.492 e. The van der Waals surface area contributed by atoms with Crippen LogP contribution in [0.15, 0.2) is 24.3 Å². The SMILES string of the molecule is CCC(CC)c1ccc(OCCN2CCOCC2)cc1. The van der Waals surface area contributed by atoms with Crippen molar-refractivity contribution in [3.05, 3.63) is 29.8 Å². The molecule has 3 nitrogen and oxygen atoms in total. The maximum atomic E-state index is 5.83. The Bertz CT molecular complexity index is 367. The molecule has 0 radical (unpaired) electrons. The molecule has 0 saturated carbocycles. The number of rotatable bonds is 7. The fraction of sp³-hybridized carbons (Fsp3) is 0.647. The normalized spacial score (nSPS) is 16.6. The van der Waals surface area contributed by atoms with Gasteiger partial charge >= 0.3 is 0 Å². The third-order valence-electron chi connectivity index (χ3n) is 4.12. The van der Waals surface area contributed by atoms with E-state index in [4.69, 9.17) is 9.47 Å². The Morgan fingerprint density at radius 2 is 1.75 bits per heavy atom. The highest BCUT2D eigenvalue weighted by molar-refractivity contribution is 5.29. The smallest absolute Gasteiger partial charge is 0.119 e. The summed E-state index contributed by atoms with van der Waals surface area (Å²) in [5.74, 6) is 1.66. The molecule has 1 fully saturated rings. The second kappa shape index (κ2) is 8.28. The Balaban J connectivity index is 1.75. The highest BCUT2D eigenvalue weighted by Crippen LogP contribution is 2.24. The first-order valence-corrected chi connectivity index (χ1v) is 7.86. The molecule has 0 aromatic heterocycles. The van der Waals surface area contributed by atoms with Crippen LogP contribution in [0.3, 0.4) is 0 Å². The van der Waals surface area contributed by atoms with Gasteiger partial charge in [0.25, 0.3) is 0 Å². The summed E-state index contributed by atoms with van der Waals surface area (Å²) >= 11 is 0. The highest BCUT2D eigenvalue weighted by atomic mass is 16.5. The van der Waals surface area contributed by atoms with E-state index in [2.05, 4.69) is 43.0 Å². The lowest BCUT2D eigenvalue weighted by Crippen LogP contribution is -2.38. The standard InChI is InChI=1S/C17H27NO2/c1-3-15(4-2)16-5-7-17(8-6-16)20-14-11-18-9-12-19-13-10-18/h5-8,15H,3-4,9-14H2,1-2H3. The first kappa shape index (κ1) is 15.3. The van der Waals surface area contributed by atoms with Crippen molar-refractivity contribution in [2.45, 2.75) is 32.6 Å². The van der Waals surface area contributed by atoms with Gasteiger partial charge in [0.1, 0.15) is 12.4 Å². The molecule has 1 aliphatic heterocycles. The molecule has 1 aromatic rings. The number of hydrogen-bond donors (Lipinski definition) is 0. The molecule has 3 heteroatoms. The zero-order valence-electron chi connectivity index (χ0n) is 12.8. The van der Waals surface area contributed by atoms with Crippen LogP contribution in [-0.2, 0) is 4.74 Å². The van der Waals surface area contributed by atoms with E-state index in [1.807, 2.05) is 0 Å². The summed E-state index contributed by atoms with van der Waals surface area (Å²) in [5, 5.41) is 0. The van der Waals surface area contributed by atoms with Crippen molar-refractivity contribution in [2.75, 3.05) is 39.5 Å². The van der Waals surface area contributed by atoms with Crippen LogP contribution in [0.4, 0.5) is 0 Å². The van der Waals surface area contributed by atoms with Gasteiger partial charge < -0.3 is 9.47 Å². The lowest BCUT2D eigenvalue weighted by Gasteiger charge is -2.26. The van der Waals surface area contributed by atoms with Gasteiger partial charge in [-0.1, -0.05) is 26.0 Å². The molecule has 0 unspecified atom stereocenters. The van der Waals surface area contributed by atoms with Gasteiger partial charge in [-0.3, -0.25) is 4.90 Å². The van der Waals surface area contributed by atoms with Crippen LogP contribution in [0, 0.1) is 0 Å². The van der Waals surface area contributed by atoms with Gasteiger partial charge in [0.2, 0.25) is 0 Å². The van der Waals surface area contributed by atoms with Crippen LogP contribution in [-0.4, -0.2) is 44.4 Å². The Hall–Kier alpha value is -1.06. The number of hydrogen-bond acceptors (Lipinski definition) is 3. The third kappa shape index (κ3) is 4.50. The molecule has 1 heterocycles. The van der Waals surface area contributed by atoms with Crippen molar-refractivity contribution in [1.29, 1.82) is 0 Å². The minimum Gasteiger partial charge on any atom is -0.492 e. The minimum absolute atomic E-state index is 0.678. The highest BCUT2D eigenvalue weighted by Gasteiger charge is 2.10. The summed E-state index contributed by atoms with van der Waals surface area (Å²) in [7, 11) is 0.